The zero-order chi connectivity index (χ0) is 8.44. The molecule has 2 aliphatic carbocycles. The van der Waals surface area contributed by atoms with E-state index in [2.05, 4.69) is 13.0 Å². The average molecular weight is 164 g/mol. The smallest absolute Gasteiger partial charge is 0.00882 e. The summed E-state index contributed by atoms with van der Waals surface area (Å²) in [5.41, 5.74) is 2.50. The van der Waals surface area contributed by atoms with Gasteiger partial charge in [0.15, 0.2) is 0 Å². The van der Waals surface area contributed by atoms with Gasteiger partial charge in [-0.2, -0.15) is 0 Å². The molecule has 0 heterocycles. The van der Waals surface area contributed by atoms with Crippen molar-refractivity contribution < 1.29 is 0 Å². The molecule has 0 atom stereocenters. The zero-order valence-corrected chi connectivity index (χ0v) is 8.23. The molecule has 0 nitrogen and oxygen atoms in total. The Morgan fingerprint density at radius 2 is 1.58 bits per heavy atom. The van der Waals surface area contributed by atoms with Gasteiger partial charge < -0.3 is 0 Å². The highest BCUT2D eigenvalue weighted by molar-refractivity contribution is 5.17. The van der Waals surface area contributed by atoms with Gasteiger partial charge >= 0.3 is 0 Å². The van der Waals surface area contributed by atoms with E-state index in [4.69, 9.17) is 0 Å². The van der Waals surface area contributed by atoms with Gasteiger partial charge in [-0.3, -0.25) is 0 Å². The van der Waals surface area contributed by atoms with Gasteiger partial charge in [-0.1, -0.05) is 30.9 Å². The van der Waals surface area contributed by atoms with E-state index in [0.717, 1.165) is 0 Å². The standard InChI is InChI=1S/C12H20/c1-2-11-7-3-4-8-12(11)9-5-6-10-12/h2H,3-10H2,1H3. The number of allylic oxidation sites excluding steroid dienone is 2. The van der Waals surface area contributed by atoms with Crippen molar-refractivity contribution in [3.05, 3.63) is 11.6 Å². The van der Waals surface area contributed by atoms with Crippen molar-refractivity contribution in [1.29, 1.82) is 0 Å². The summed E-state index contributed by atoms with van der Waals surface area (Å²) in [5.74, 6) is 0. The fourth-order valence-electron chi connectivity index (χ4n) is 3.28. The quantitative estimate of drug-likeness (QED) is 0.473. The lowest BCUT2D eigenvalue weighted by molar-refractivity contribution is 0.281. The lowest BCUT2D eigenvalue weighted by Crippen LogP contribution is -2.22. The zero-order valence-electron chi connectivity index (χ0n) is 8.23. The van der Waals surface area contributed by atoms with E-state index in [-0.39, 0.29) is 0 Å². The third kappa shape index (κ3) is 1.22. The van der Waals surface area contributed by atoms with Crippen molar-refractivity contribution in [1.82, 2.24) is 0 Å². The maximum Gasteiger partial charge on any atom is -0.00882 e. The van der Waals surface area contributed by atoms with Crippen molar-refractivity contribution in [3.8, 4) is 0 Å². The molecule has 0 amide bonds. The second kappa shape index (κ2) is 3.24. The SMILES string of the molecule is CC=C1CCCCC12CCCC2. The van der Waals surface area contributed by atoms with Gasteiger partial charge in [-0.25, -0.2) is 0 Å². The molecule has 0 aromatic heterocycles. The molecule has 0 heteroatoms. The van der Waals surface area contributed by atoms with Crippen LogP contribution in [0.1, 0.15) is 58.3 Å². The molecule has 2 saturated carbocycles. The molecular weight excluding hydrogens is 144 g/mol. The van der Waals surface area contributed by atoms with E-state index in [1.54, 1.807) is 5.57 Å². The summed E-state index contributed by atoms with van der Waals surface area (Å²) in [6, 6.07) is 0. The minimum absolute atomic E-state index is 0.701. The van der Waals surface area contributed by atoms with E-state index in [9.17, 15) is 0 Å². The Morgan fingerprint density at radius 1 is 1.00 bits per heavy atom. The molecule has 0 radical (unpaired) electrons. The van der Waals surface area contributed by atoms with Gasteiger partial charge in [0, 0.05) is 0 Å². The van der Waals surface area contributed by atoms with E-state index >= 15 is 0 Å². The van der Waals surface area contributed by atoms with Crippen molar-refractivity contribution >= 4 is 0 Å². The van der Waals surface area contributed by atoms with E-state index in [1.165, 1.54) is 51.4 Å². The van der Waals surface area contributed by atoms with Crippen LogP contribution in [-0.2, 0) is 0 Å². The van der Waals surface area contributed by atoms with Crippen LogP contribution >= 0.6 is 0 Å². The van der Waals surface area contributed by atoms with Crippen LogP contribution in [0.25, 0.3) is 0 Å². The van der Waals surface area contributed by atoms with Crippen LogP contribution < -0.4 is 0 Å². The first-order valence-electron chi connectivity index (χ1n) is 5.53. The topological polar surface area (TPSA) is 0 Å². The summed E-state index contributed by atoms with van der Waals surface area (Å²) in [7, 11) is 0. The van der Waals surface area contributed by atoms with Gasteiger partial charge in [0.05, 0.1) is 0 Å². The highest BCUT2D eigenvalue weighted by Crippen LogP contribution is 2.51. The largest absolute Gasteiger partial charge is 0.0879 e. The molecule has 68 valence electrons. The molecule has 0 bridgehead atoms. The van der Waals surface area contributed by atoms with Crippen LogP contribution in [0.2, 0.25) is 0 Å². The Hall–Kier alpha value is -0.260. The van der Waals surface area contributed by atoms with Gasteiger partial charge in [-0.05, 0) is 44.4 Å². The predicted molar refractivity (Wildman–Crippen MR) is 53.1 cm³/mol. The molecule has 0 saturated heterocycles. The minimum atomic E-state index is 0.701. The summed E-state index contributed by atoms with van der Waals surface area (Å²) in [5, 5.41) is 0. The number of hydrogen-bond acceptors (Lipinski definition) is 0. The normalized spacial score (nSPS) is 31.6. The minimum Gasteiger partial charge on any atom is -0.0879 e. The second-order valence-electron chi connectivity index (χ2n) is 4.51. The number of hydrogen-bond donors (Lipinski definition) is 0. The summed E-state index contributed by atoms with van der Waals surface area (Å²) in [4.78, 5) is 0. The molecule has 2 aliphatic rings. The fourth-order valence-corrected chi connectivity index (χ4v) is 3.28. The Kier molecular flexibility index (Phi) is 2.25. The molecular formula is C12H20. The molecule has 1 spiro atoms. The Labute approximate surface area is 76.1 Å². The molecule has 2 rings (SSSR count). The fraction of sp³-hybridized carbons (Fsp3) is 0.833. The van der Waals surface area contributed by atoms with Crippen molar-refractivity contribution in [2.24, 2.45) is 5.41 Å². The van der Waals surface area contributed by atoms with Gasteiger partial charge in [0.25, 0.3) is 0 Å². The lowest BCUT2D eigenvalue weighted by Gasteiger charge is -2.36. The third-order valence-corrected chi connectivity index (χ3v) is 3.94. The lowest BCUT2D eigenvalue weighted by atomic mass is 9.69. The van der Waals surface area contributed by atoms with Crippen LogP contribution in [-0.4, -0.2) is 0 Å². The van der Waals surface area contributed by atoms with E-state index in [0.29, 0.717) is 5.41 Å². The Balaban J connectivity index is 2.19. The molecule has 0 aromatic carbocycles. The van der Waals surface area contributed by atoms with Gasteiger partial charge in [-0.15, -0.1) is 0 Å². The molecule has 0 N–H and O–H groups in total. The van der Waals surface area contributed by atoms with Gasteiger partial charge in [0.2, 0.25) is 0 Å². The van der Waals surface area contributed by atoms with Crippen LogP contribution in [0.15, 0.2) is 11.6 Å². The van der Waals surface area contributed by atoms with Crippen LogP contribution in [0, 0.1) is 5.41 Å². The third-order valence-electron chi connectivity index (χ3n) is 3.94. The highest BCUT2D eigenvalue weighted by Gasteiger charge is 2.37. The average Bonchev–Trinajstić information content (AvgIpc) is 2.55. The second-order valence-corrected chi connectivity index (χ2v) is 4.51. The molecule has 0 aromatic rings. The summed E-state index contributed by atoms with van der Waals surface area (Å²) >= 11 is 0. The highest BCUT2D eigenvalue weighted by atomic mass is 14.4. The van der Waals surface area contributed by atoms with Crippen LogP contribution in [0.3, 0.4) is 0 Å². The maximum atomic E-state index is 2.41. The first-order chi connectivity index (χ1) is 5.87. The first kappa shape index (κ1) is 8.34. The molecule has 2 fully saturated rings. The Bertz CT molecular complexity index is 182. The van der Waals surface area contributed by atoms with Crippen molar-refractivity contribution in [3.63, 3.8) is 0 Å². The van der Waals surface area contributed by atoms with Crippen molar-refractivity contribution in [2.75, 3.05) is 0 Å². The van der Waals surface area contributed by atoms with Crippen molar-refractivity contribution in [2.45, 2.75) is 58.3 Å². The maximum absolute atomic E-state index is 2.41. The summed E-state index contributed by atoms with van der Waals surface area (Å²) in [6.45, 7) is 2.24. The predicted octanol–water partition coefficient (Wildman–Crippen LogP) is 4.07. The Morgan fingerprint density at radius 3 is 2.17 bits per heavy atom. The summed E-state index contributed by atoms with van der Waals surface area (Å²) in [6.07, 6.45) is 14.2. The molecule has 0 unspecified atom stereocenters. The van der Waals surface area contributed by atoms with E-state index in [1.807, 2.05) is 0 Å². The van der Waals surface area contributed by atoms with Gasteiger partial charge in [0.1, 0.15) is 0 Å². The van der Waals surface area contributed by atoms with Crippen LogP contribution in [0.5, 0.6) is 0 Å². The van der Waals surface area contributed by atoms with Crippen LogP contribution in [0.4, 0.5) is 0 Å². The summed E-state index contributed by atoms with van der Waals surface area (Å²) < 4.78 is 0. The monoisotopic (exact) mass is 164 g/mol. The molecule has 0 aliphatic heterocycles. The van der Waals surface area contributed by atoms with E-state index < -0.39 is 0 Å². The molecule has 12 heavy (non-hydrogen) atoms. The first-order valence-corrected chi connectivity index (χ1v) is 5.53. The number of rotatable bonds is 0.